The number of hydrogen-bond acceptors (Lipinski definition) is 2. The first-order valence-electron chi connectivity index (χ1n) is 10.1. The molecular formula is C25H21BrN2O2. The molecule has 2 amide bonds. The van der Waals surface area contributed by atoms with Crippen LogP contribution in [-0.2, 0) is 22.7 Å². The molecule has 0 aliphatic carbocycles. The lowest BCUT2D eigenvalue weighted by atomic mass is 9.97. The Bertz CT molecular complexity index is 1100. The fourth-order valence-electron chi connectivity index (χ4n) is 4.50. The molecule has 3 aromatic carbocycles. The SMILES string of the molecule is O=C(C1CCN(c2ccccc2Br)C1=O)N1Cc2ccccc2-c2ccccc2C1. The van der Waals surface area contributed by atoms with Crippen molar-refractivity contribution in [2.75, 3.05) is 11.4 Å². The summed E-state index contributed by atoms with van der Waals surface area (Å²) in [4.78, 5) is 30.3. The smallest absolute Gasteiger partial charge is 0.239 e. The van der Waals surface area contributed by atoms with Crippen molar-refractivity contribution in [3.8, 4) is 11.1 Å². The van der Waals surface area contributed by atoms with Gasteiger partial charge in [0.25, 0.3) is 0 Å². The highest BCUT2D eigenvalue weighted by Gasteiger charge is 2.40. The first-order valence-corrected chi connectivity index (χ1v) is 10.9. The molecule has 150 valence electrons. The van der Waals surface area contributed by atoms with E-state index in [2.05, 4.69) is 40.2 Å². The summed E-state index contributed by atoms with van der Waals surface area (Å²) < 4.78 is 0.865. The molecule has 2 aliphatic heterocycles. The maximum Gasteiger partial charge on any atom is 0.239 e. The van der Waals surface area contributed by atoms with Crippen LogP contribution in [0.3, 0.4) is 0 Å². The number of para-hydroxylation sites is 1. The lowest BCUT2D eigenvalue weighted by molar-refractivity contribution is -0.140. The Morgan fingerprint density at radius 1 is 0.833 bits per heavy atom. The number of halogens is 1. The Balaban J connectivity index is 1.45. The Hall–Kier alpha value is -2.92. The largest absolute Gasteiger partial charge is 0.333 e. The maximum absolute atomic E-state index is 13.5. The average molecular weight is 461 g/mol. The predicted octanol–water partition coefficient (Wildman–Crippen LogP) is 5.01. The summed E-state index contributed by atoms with van der Waals surface area (Å²) in [7, 11) is 0. The van der Waals surface area contributed by atoms with Gasteiger partial charge < -0.3 is 9.80 Å². The Kier molecular flexibility index (Phi) is 4.91. The Morgan fingerprint density at radius 3 is 2.03 bits per heavy atom. The summed E-state index contributed by atoms with van der Waals surface area (Å²) >= 11 is 3.52. The summed E-state index contributed by atoms with van der Waals surface area (Å²) in [6.45, 7) is 1.59. The van der Waals surface area contributed by atoms with Crippen molar-refractivity contribution in [1.82, 2.24) is 4.90 Å². The van der Waals surface area contributed by atoms with Crippen molar-refractivity contribution in [2.24, 2.45) is 5.92 Å². The van der Waals surface area contributed by atoms with E-state index >= 15 is 0 Å². The minimum absolute atomic E-state index is 0.0824. The zero-order valence-corrected chi connectivity index (χ0v) is 18.0. The van der Waals surface area contributed by atoms with Crippen LogP contribution < -0.4 is 4.90 Å². The van der Waals surface area contributed by atoms with E-state index < -0.39 is 5.92 Å². The standard InChI is InChI=1S/C25H21BrN2O2/c26-22-11-5-6-12-23(22)28-14-13-21(25(28)30)24(29)27-15-17-7-1-3-9-19(17)20-10-4-2-8-18(20)16-27/h1-12,21H,13-16H2. The van der Waals surface area contributed by atoms with E-state index in [1.54, 1.807) is 4.90 Å². The van der Waals surface area contributed by atoms with Gasteiger partial charge in [-0.05, 0) is 56.7 Å². The molecule has 30 heavy (non-hydrogen) atoms. The minimum Gasteiger partial charge on any atom is -0.333 e. The van der Waals surface area contributed by atoms with E-state index in [0.29, 0.717) is 26.1 Å². The third kappa shape index (κ3) is 3.23. The lowest BCUT2D eigenvalue weighted by Crippen LogP contribution is -2.39. The van der Waals surface area contributed by atoms with Gasteiger partial charge in [-0.3, -0.25) is 9.59 Å². The third-order valence-corrected chi connectivity index (χ3v) is 6.68. The van der Waals surface area contributed by atoms with Crippen molar-refractivity contribution in [3.05, 3.63) is 88.4 Å². The van der Waals surface area contributed by atoms with Crippen LogP contribution in [0.2, 0.25) is 0 Å². The third-order valence-electron chi connectivity index (χ3n) is 6.01. The molecule has 1 saturated heterocycles. The van der Waals surface area contributed by atoms with Crippen molar-refractivity contribution in [1.29, 1.82) is 0 Å². The van der Waals surface area contributed by atoms with Crippen molar-refractivity contribution >= 4 is 33.4 Å². The van der Waals surface area contributed by atoms with Gasteiger partial charge in [-0.25, -0.2) is 0 Å². The minimum atomic E-state index is -0.630. The van der Waals surface area contributed by atoms with Crippen LogP contribution >= 0.6 is 15.9 Å². The Morgan fingerprint density at radius 2 is 1.40 bits per heavy atom. The average Bonchev–Trinajstić information content (AvgIpc) is 3.05. The van der Waals surface area contributed by atoms with Gasteiger partial charge in [0.2, 0.25) is 11.8 Å². The van der Waals surface area contributed by atoms with E-state index in [9.17, 15) is 9.59 Å². The number of benzene rings is 3. The molecule has 0 bridgehead atoms. The fourth-order valence-corrected chi connectivity index (χ4v) is 5.00. The zero-order chi connectivity index (χ0) is 20.7. The Labute approximate surface area is 184 Å². The molecule has 2 aliphatic rings. The van der Waals surface area contributed by atoms with Gasteiger partial charge in [0, 0.05) is 24.1 Å². The highest BCUT2D eigenvalue weighted by atomic mass is 79.9. The second kappa shape index (κ2) is 7.73. The molecule has 0 N–H and O–H groups in total. The van der Waals surface area contributed by atoms with E-state index in [-0.39, 0.29) is 11.8 Å². The van der Waals surface area contributed by atoms with Gasteiger partial charge in [0.05, 0.1) is 5.69 Å². The number of carbonyl (C=O) groups is 2. The summed E-state index contributed by atoms with van der Waals surface area (Å²) in [5.74, 6) is -0.826. The highest BCUT2D eigenvalue weighted by Crippen LogP contribution is 2.35. The van der Waals surface area contributed by atoms with Gasteiger partial charge in [-0.15, -0.1) is 0 Å². The predicted molar refractivity (Wildman–Crippen MR) is 121 cm³/mol. The molecule has 5 heteroatoms. The van der Waals surface area contributed by atoms with E-state index in [1.165, 1.54) is 0 Å². The number of rotatable bonds is 2. The molecule has 1 fully saturated rings. The van der Waals surface area contributed by atoms with E-state index in [0.717, 1.165) is 32.4 Å². The molecule has 1 unspecified atom stereocenters. The molecule has 2 heterocycles. The van der Waals surface area contributed by atoms with Crippen LogP contribution in [0.15, 0.2) is 77.3 Å². The van der Waals surface area contributed by atoms with Crippen molar-refractivity contribution in [3.63, 3.8) is 0 Å². The molecular weight excluding hydrogens is 440 g/mol. The summed E-state index contributed by atoms with van der Waals surface area (Å²) in [5.41, 5.74) is 5.38. The first-order chi connectivity index (χ1) is 14.6. The van der Waals surface area contributed by atoms with Gasteiger partial charge in [0.15, 0.2) is 0 Å². The van der Waals surface area contributed by atoms with Crippen LogP contribution in [0.4, 0.5) is 5.69 Å². The molecule has 0 aromatic heterocycles. The molecule has 4 nitrogen and oxygen atoms in total. The second-order valence-electron chi connectivity index (χ2n) is 7.79. The normalized spacial score (nSPS) is 18.0. The zero-order valence-electron chi connectivity index (χ0n) is 16.4. The number of fused-ring (bicyclic) bond motifs is 3. The second-order valence-corrected chi connectivity index (χ2v) is 8.65. The molecule has 5 rings (SSSR count). The highest BCUT2D eigenvalue weighted by molar-refractivity contribution is 9.10. The molecule has 1 atom stereocenters. The van der Waals surface area contributed by atoms with Crippen LogP contribution in [0.25, 0.3) is 11.1 Å². The topological polar surface area (TPSA) is 40.6 Å². The lowest BCUT2D eigenvalue weighted by Gasteiger charge is -2.25. The number of anilines is 1. The number of amides is 2. The van der Waals surface area contributed by atoms with Crippen LogP contribution in [-0.4, -0.2) is 23.3 Å². The maximum atomic E-state index is 13.5. The van der Waals surface area contributed by atoms with Gasteiger partial charge in [-0.2, -0.15) is 0 Å². The summed E-state index contributed by atoms with van der Waals surface area (Å²) in [6, 6.07) is 24.1. The monoisotopic (exact) mass is 460 g/mol. The number of nitrogens with zero attached hydrogens (tertiary/aromatic N) is 2. The summed E-state index contributed by atoms with van der Waals surface area (Å²) in [6.07, 6.45) is 0.540. The molecule has 0 radical (unpaired) electrons. The van der Waals surface area contributed by atoms with Crippen molar-refractivity contribution in [2.45, 2.75) is 19.5 Å². The van der Waals surface area contributed by atoms with Gasteiger partial charge >= 0.3 is 0 Å². The fraction of sp³-hybridized carbons (Fsp3) is 0.200. The van der Waals surface area contributed by atoms with Gasteiger partial charge in [-0.1, -0.05) is 60.7 Å². The summed E-state index contributed by atoms with van der Waals surface area (Å²) in [5, 5.41) is 0. The van der Waals surface area contributed by atoms with E-state index in [4.69, 9.17) is 0 Å². The van der Waals surface area contributed by atoms with E-state index in [1.807, 2.05) is 53.4 Å². The quantitative estimate of drug-likeness (QED) is 0.504. The molecule has 0 spiro atoms. The molecule has 3 aromatic rings. The number of hydrogen-bond donors (Lipinski definition) is 0. The number of carbonyl (C=O) groups excluding carboxylic acids is 2. The van der Waals surface area contributed by atoms with Gasteiger partial charge in [0.1, 0.15) is 5.92 Å². The van der Waals surface area contributed by atoms with Crippen LogP contribution in [0.1, 0.15) is 17.5 Å². The van der Waals surface area contributed by atoms with Crippen LogP contribution in [0.5, 0.6) is 0 Å². The molecule has 0 saturated carbocycles. The van der Waals surface area contributed by atoms with Crippen molar-refractivity contribution < 1.29 is 9.59 Å². The first kappa shape index (κ1) is 19.1. The van der Waals surface area contributed by atoms with Crippen LogP contribution in [0, 0.1) is 5.92 Å².